The molecule has 0 fully saturated rings. The monoisotopic (exact) mass is 1360 g/mol. The van der Waals surface area contributed by atoms with Gasteiger partial charge in [0.1, 0.15) is 22.1 Å². The molecule has 8 nitrogen and oxygen atoms in total. The number of hydrogen-bond donors (Lipinski definition) is 0. The summed E-state index contributed by atoms with van der Waals surface area (Å²) in [6, 6.07) is 40.9. The number of benzene rings is 2. The van der Waals surface area contributed by atoms with E-state index in [1.54, 1.807) is 4.80 Å². The second-order valence-corrected chi connectivity index (χ2v) is 34.7. The van der Waals surface area contributed by atoms with Crippen LogP contribution in [0.15, 0.2) is 109 Å². The molecule has 0 spiro atoms. The average Bonchev–Trinajstić information content (AvgIpc) is 1.86. The summed E-state index contributed by atoms with van der Waals surface area (Å²) in [6.07, 6.45) is 18.2. The van der Waals surface area contributed by atoms with E-state index >= 15 is 0 Å². The van der Waals surface area contributed by atoms with Crippen molar-refractivity contribution in [3.05, 3.63) is 138 Å². The molecule has 0 N–H and O–H groups in total. The molecule has 486 valence electrons. The summed E-state index contributed by atoms with van der Waals surface area (Å²) >= 11 is 14.8. The Morgan fingerprint density at radius 1 is 0.300 bits per heavy atom. The predicted octanol–water partition coefficient (Wildman–Crippen LogP) is 22.6. The zero-order valence-electron chi connectivity index (χ0n) is 54.0. The van der Waals surface area contributed by atoms with E-state index in [9.17, 15) is 0 Å². The molecule has 0 aliphatic carbocycles. The number of rotatable bonds is 27. The maximum absolute atomic E-state index is 4.75. The summed E-state index contributed by atoms with van der Waals surface area (Å²) < 4.78 is 12.4. The molecule has 9 aromatic heterocycles. The van der Waals surface area contributed by atoms with Gasteiger partial charge in [0.25, 0.3) is 0 Å². The van der Waals surface area contributed by atoms with Crippen LogP contribution in [-0.2, 0) is 45.6 Å². The summed E-state index contributed by atoms with van der Waals surface area (Å²) in [5.74, 6) is 0. The van der Waals surface area contributed by atoms with Gasteiger partial charge in [-0.05, 0) is 143 Å². The van der Waals surface area contributed by atoms with Crippen LogP contribution in [0.4, 0.5) is 0 Å². The van der Waals surface area contributed by atoms with E-state index in [1.807, 2.05) is 86.4 Å². The lowest BCUT2D eigenvalue weighted by Gasteiger charge is -2.23. The highest BCUT2D eigenvalue weighted by Crippen LogP contribution is 2.43. The molecule has 0 amide bonds. The fourth-order valence-electron chi connectivity index (χ4n) is 10.5. The standard InChI is InChI=1S/C25H33N4S2.C24H30N3S3.C22H30NS3.3CH4/c1-6-7-9-18-11-15-22(30-18)20-13-14-21(25-24(20)26-28(2)27-25)23-16-12-19(31-23)10-8-17-29(3,4)5;1-5-6-8-17-10-14-21(28-17)19-12-13-20(24-23(19)25-30-26-24)22-15-11-18(29-22)9-7-16-27(2,3)4;1-5-6-8-17-10-12-19(24-17)21-14-15-22(26-21)20-13-11-18(25-20)9-7-16-23(2,3)4;;;/h11-16H,6-10,17H2,1-5H3;10-15H,5-9,16H2,1-4H3;10-15H,5-9,16H2,1-4H3;3*1H4/q3*+1;;;. The number of quaternary nitrogens is 3. The highest BCUT2D eigenvalue weighted by Gasteiger charge is 2.20. The van der Waals surface area contributed by atoms with Crippen LogP contribution in [0.2, 0.25) is 0 Å². The van der Waals surface area contributed by atoms with Crippen molar-refractivity contribution in [2.45, 2.75) is 139 Å². The van der Waals surface area contributed by atoms with Crippen LogP contribution in [0.1, 0.15) is 130 Å². The lowest BCUT2D eigenvalue weighted by atomic mass is 10.1. The molecule has 0 aliphatic heterocycles. The molecule has 0 bridgehead atoms. The molecule has 0 saturated heterocycles. The fourth-order valence-corrected chi connectivity index (χ4v) is 18.7. The van der Waals surface area contributed by atoms with Crippen LogP contribution in [0.3, 0.4) is 0 Å². The van der Waals surface area contributed by atoms with Crippen molar-refractivity contribution < 1.29 is 13.4 Å². The predicted molar refractivity (Wildman–Crippen MR) is 410 cm³/mol. The van der Waals surface area contributed by atoms with Gasteiger partial charge < -0.3 is 13.4 Å². The Kier molecular flexibility index (Phi) is 28.6. The normalized spacial score (nSPS) is 11.7. The summed E-state index contributed by atoms with van der Waals surface area (Å²) in [5, 5.41) is 9.50. The van der Waals surface area contributed by atoms with Crippen molar-refractivity contribution in [3.8, 4) is 61.3 Å². The molecule has 9 heterocycles. The Morgan fingerprint density at radius 2 is 0.533 bits per heavy atom. The van der Waals surface area contributed by atoms with E-state index in [4.69, 9.17) is 10.2 Å². The van der Waals surface area contributed by atoms with Gasteiger partial charge in [0.15, 0.2) is 0 Å². The number of hydrogen-bond acceptors (Lipinski definition) is 12. The van der Waals surface area contributed by atoms with Crippen LogP contribution in [0.5, 0.6) is 0 Å². The minimum Gasteiger partial charge on any atom is -0.331 e. The fraction of sp³-hybridized carbons (Fsp3) is 0.459. The maximum atomic E-state index is 4.75. The van der Waals surface area contributed by atoms with Crippen LogP contribution in [-0.4, -0.2) is 120 Å². The van der Waals surface area contributed by atoms with Gasteiger partial charge in [0, 0.05) is 117 Å². The maximum Gasteiger partial charge on any atom is 0.122 e. The van der Waals surface area contributed by atoms with Crippen LogP contribution >= 0.6 is 91.1 Å². The molecule has 0 aliphatic rings. The highest BCUT2D eigenvalue weighted by molar-refractivity contribution is 7.26. The van der Waals surface area contributed by atoms with Gasteiger partial charge in [0.2, 0.25) is 0 Å². The van der Waals surface area contributed by atoms with E-state index in [1.165, 1.54) is 199 Å². The zero-order chi connectivity index (χ0) is 61.7. The van der Waals surface area contributed by atoms with Gasteiger partial charge in [-0.1, -0.05) is 86.6 Å². The minimum absolute atomic E-state index is 0. The quantitative estimate of drug-likeness (QED) is 0.0482. The number of aryl methyl sites for hydroxylation is 7. The van der Waals surface area contributed by atoms with Crippen molar-refractivity contribution in [2.75, 3.05) is 83.1 Å². The molecule has 2 aromatic carbocycles. The number of thiophene rings is 7. The van der Waals surface area contributed by atoms with E-state index < -0.39 is 0 Å². The van der Waals surface area contributed by atoms with Gasteiger partial charge in [-0.2, -0.15) is 23.7 Å². The Bertz CT molecular complexity index is 3880. The first kappa shape index (κ1) is 74.5. The molecule has 11 rings (SSSR count). The lowest BCUT2D eigenvalue weighted by Crippen LogP contribution is -2.35. The highest BCUT2D eigenvalue weighted by atomic mass is 32.1. The Labute approximate surface area is 574 Å². The van der Waals surface area contributed by atoms with Gasteiger partial charge in [-0.25, -0.2) is 0 Å². The van der Waals surface area contributed by atoms with Crippen LogP contribution < -0.4 is 0 Å². The first-order valence-corrected chi connectivity index (χ1v) is 37.8. The van der Waals surface area contributed by atoms with Gasteiger partial charge in [0.05, 0.1) is 94.8 Å². The Balaban J connectivity index is 0.000000212. The van der Waals surface area contributed by atoms with Gasteiger partial charge in [-0.15, -0.1) is 79.4 Å². The summed E-state index contributed by atoms with van der Waals surface area (Å²) in [5.41, 5.74) is 8.91. The minimum atomic E-state index is 0. The summed E-state index contributed by atoms with van der Waals surface area (Å²) in [7, 11) is 22.3. The van der Waals surface area contributed by atoms with Crippen molar-refractivity contribution >= 4 is 113 Å². The average molecular weight is 1360 g/mol. The number of unbranched alkanes of at least 4 members (excludes halogenated alkanes) is 3. The molecule has 0 radical (unpaired) electrons. The molecule has 0 atom stereocenters. The third-order valence-corrected chi connectivity index (χ3v) is 24.3. The smallest absolute Gasteiger partial charge is 0.122 e. The Hall–Kier alpha value is -4.56. The van der Waals surface area contributed by atoms with Crippen LogP contribution in [0.25, 0.3) is 83.3 Å². The second-order valence-electron chi connectivity index (χ2n) is 26.1. The first-order valence-electron chi connectivity index (χ1n) is 31.4. The Morgan fingerprint density at radius 3 is 0.811 bits per heavy atom. The SMILES string of the molecule is C.C.C.CCCCc1ccc(-c2ccc(-c3ccc(CCC[N+](C)(C)C)s3)c3nn(C)nc23)s1.CCCCc1ccc(-c2ccc(-c3ccc(CCC[N+](C)(C)C)s3)c3nsnc23)s1.CCCCc1ccc(-c2ccc(-c3ccc(CCC[N+](C)(C)C)s3)s2)s1. The largest absolute Gasteiger partial charge is 0.331 e. The molecule has 90 heavy (non-hydrogen) atoms. The molecule has 16 heteroatoms. The van der Waals surface area contributed by atoms with Crippen molar-refractivity contribution in [1.82, 2.24) is 23.7 Å². The molecular weight excluding hydrogens is 1260 g/mol. The topological polar surface area (TPSA) is 56.5 Å². The number of nitrogens with zero attached hydrogens (tertiary/aromatic N) is 8. The van der Waals surface area contributed by atoms with E-state index in [2.05, 4.69) is 202 Å². The van der Waals surface area contributed by atoms with E-state index in [0.717, 1.165) is 54.8 Å². The molecule has 11 aromatic rings. The van der Waals surface area contributed by atoms with E-state index in [0.29, 0.717) is 0 Å². The summed E-state index contributed by atoms with van der Waals surface area (Å²) in [6.45, 7) is 10.4. The van der Waals surface area contributed by atoms with Gasteiger partial charge >= 0.3 is 0 Å². The molecule has 0 unspecified atom stereocenters. The third-order valence-electron chi connectivity index (χ3n) is 15.3. The van der Waals surface area contributed by atoms with Crippen LogP contribution in [0, 0.1) is 0 Å². The van der Waals surface area contributed by atoms with Crippen molar-refractivity contribution in [2.24, 2.45) is 7.05 Å². The summed E-state index contributed by atoms with van der Waals surface area (Å²) in [4.78, 5) is 21.4. The number of aromatic nitrogens is 5. The zero-order valence-corrected chi connectivity index (χ0v) is 60.5. The lowest BCUT2D eigenvalue weighted by molar-refractivity contribution is -0.870. The third kappa shape index (κ3) is 21.2. The number of fused-ring (bicyclic) bond motifs is 2. The molecule has 0 saturated carbocycles. The molecular formula is C74H105N8S8+3. The first-order chi connectivity index (χ1) is 41.7. The van der Waals surface area contributed by atoms with Crippen molar-refractivity contribution in [1.29, 1.82) is 0 Å². The van der Waals surface area contributed by atoms with Gasteiger partial charge in [-0.3, -0.25) is 0 Å². The second kappa shape index (κ2) is 34.6. The van der Waals surface area contributed by atoms with Crippen molar-refractivity contribution in [3.63, 3.8) is 0 Å². The van der Waals surface area contributed by atoms with E-state index in [-0.39, 0.29) is 22.3 Å².